The molecule has 2 aromatic heterocycles. The second-order valence-corrected chi connectivity index (χ2v) is 6.29. The van der Waals surface area contributed by atoms with Crippen molar-refractivity contribution in [1.82, 2.24) is 10.2 Å². The number of nitrogens with one attached hydrogen (secondary N) is 1. The number of amides is 1. The molecular formula is C19H19N3O3. The molecule has 1 aliphatic carbocycles. The van der Waals surface area contributed by atoms with Gasteiger partial charge in [-0.05, 0) is 43.2 Å². The Hall–Kier alpha value is -2.89. The maximum Gasteiger partial charge on any atom is 0.283 e. The predicted molar refractivity (Wildman–Crippen MR) is 92.6 cm³/mol. The van der Waals surface area contributed by atoms with Crippen LogP contribution in [-0.2, 0) is 4.79 Å². The summed E-state index contributed by atoms with van der Waals surface area (Å²) in [6.07, 6.45) is 7.00. The number of benzene rings is 1. The molecule has 6 nitrogen and oxygen atoms in total. The highest BCUT2D eigenvalue weighted by Crippen LogP contribution is 2.28. The van der Waals surface area contributed by atoms with E-state index in [1.807, 2.05) is 24.3 Å². The molecule has 0 radical (unpaired) electrons. The van der Waals surface area contributed by atoms with Gasteiger partial charge < -0.3 is 14.2 Å². The first kappa shape index (κ1) is 15.6. The highest BCUT2D eigenvalue weighted by Gasteiger charge is 2.21. The molecule has 1 amide bonds. The van der Waals surface area contributed by atoms with Crippen molar-refractivity contribution in [3.63, 3.8) is 0 Å². The van der Waals surface area contributed by atoms with Gasteiger partial charge in [-0.2, -0.15) is 0 Å². The zero-order valence-corrected chi connectivity index (χ0v) is 13.8. The predicted octanol–water partition coefficient (Wildman–Crippen LogP) is 4.52. The van der Waals surface area contributed by atoms with E-state index in [9.17, 15) is 4.79 Å². The quantitative estimate of drug-likeness (QED) is 0.757. The van der Waals surface area contributed by atoms with E-state index in [1.54, 1.807) is 18.4 Å². The van der Waals surface area contributed by atoms with Crippen LogP contribution in [0.1, 0.15) is 32.1 Å². The third-order valence-electron chi connectivity index (χ3n) is 4.51. The smallest absolute Gasteiger partial charge is 0.283 e. The second-order valence-electron chi connectivity index (χ2n) is 6.29. The van der Waals surface area contributed by atoms with E-state index >= 15 is 0 Å². The Morgan fingerprint density at radius 2 is 1.88 bits per heavy atom. The lowest BCUT2D eigenvalue weighted by atomic mass is 9.88. The molecule has 3 aromatic rings. The normalized spacial score (nSPS) is 15.2. The minimum absolute atomic E-state index is 0.0960. The SMILES string of the molecule is O=C(Nc1cccc(-c2nnc(-c3ccco3)o2)c1)C1CCCCC1. The van der Waals surface area contributed by atoms with Crippen molar-refractivity contribution in [2.24, 2.45) is 5.92 Å². The van der Waals surface area contributed by atoms with Gasteiger partial charge in [-0.1, -0.05) is 25.3 Å². The fourth-order valence-corrected chi connectivity index (χ4v) is 3.18. The maximum absolute atomic E-state index is 12.4. The van der Waals surface area contributed by atoms with Crippen LogP contribution in [0.5, 0.6) is 0 Å². The van der Waals surface area contributed by atoms with Crippen LogP contribution in [0.3, 0.4) is 0 Å². The third-order valence-corrected chi connectivity index (χ3v) is 4.51. The minimum Gasteiger partial charge on any atom is -0.459 e. The third kappa shape index (κ3) is 3.47. The van der Waals surface area contributed by atoms with Crippen LogP contribution >= 0.6 is 0 Å². The van der Waals surface area contributed by atoms with Crippen LogP contribution < -0.4 is 5.32 Å². The summed E-state index contributed by atoms with van der Waals surface area (Å²) in [6.45, 7) is 0. The summed E-state index contributed by atoms with van der Waals surface area (Å²) in [5.41, 5.74) is 1.50. The molecule has 1 N–H and O–H groups in total. The standard InChI is InChI=1S/C19H19N3O3/c23-17(13-6-2-1-3-7-13)20-15-9-4-8-14(12-15)18-21-22-19(25-18)16-10-5-11-24-16/h4-5,8-13H,1-3,6-7H2,(H,20,23). The highest BCUT2D eigenvalue weighted by molar-refractivity contribution is 5.93. The van der Waals surface area contributed by atoms with Crippen molar-refractivity contribution < 1.29 is 13.6 Å². The van der Waals surface area contributed by atoms with Crippen LogP contribution in [-0.4, -0.2) is 16.1 Å². The molecule has 2 heterocycles. The van der Waals surface area contributed by atoms with Gasteiger partial charge in [-0.3, -0.25) is 4.79 Å². The highest BCUT2D eigenvalue weighted by atomic mass is 16.4. The zero-order valence-electron chi connectivity index (χ0n) is 13.8. The van der Waals surface area contributed by atoms with Gasteiger partial charge in [-0.15, -0.1) is 10.2 Å². The lowest BCUT2D eigenvalue weighted by Gasteiger charge is -2.20. The Morgan fingerprint density at radius 3 is 2.68 bits per heavy atom. The summed E-state index contributed by atoms with van der Waals surface area (Å²) >= 11 is 0. The average Bonchev–Trinajstić information content (AvgIpc) is 3.34. The van der Waals surface area contributed by atoms with E-state index in [0.29, 0.717) is 17.5 Å². The summed E-state index contributed by atoms with van der Waals surface area (Å²) < 4.78 is 10.9. The topological polar surface area (TPSA) is 81.2 Å². The monoisotopic (exact) mass is 337 g/mol. The molecule has 128 valence electrons. The van der Waals surface area contributed by atoms with E-state index in [4.69, 9.17) is 8.83 Å². The van der Waals surface area contributed by atoms with Gasteiger partial charge in [0.15, 0.2) is 5.76 Å². The van der Waals surface area contributed by atoms with E-state index in [0.717, 1.165) is 36.9 Å². The maximum atomic E-state index is 12.4. The van der Waals surface area contributed by atoms with Crippen molar-refractivity contribution >= 4 is 11.6 Å². The van der Waals surface area contributed by atoms with E-state index in [2.05, 4.69) is 15.5 Å². The van der Waals surface area contributed by atoms with E-state index in [1.165, 1.54) is 6.42 Å². The molecule has 0 unspecified atom stereocenters. The number of aromatic nitrogens is 2. The summed E-state index contributed by atoms with van der Waals surface area (Å²) in [6, 6.07) is 11.0. The van der Waals surface area contributed by atoms with Gasteiger partial charge >= 0.3 is 0 Å². The molecule has 1 saturated carbocycles. The first-order valence-corrected chi connectivity index (χ1v) is 8.58. The van der Waals surface area contributed by atoms with Crippen molar-refractivity contribution in [3.05, 3.63) is 42.7 Å². The van der Waals surface area contributed by atoms with Crippen molar-refractivity contribution in [3.8, 4) is 23.1 Å². The number of nitrogens with zero attached hydrogens (tertiary/aromatic N) is 2. The van der Waals surface area contributed by atoms with Crippen LogP contribution in [0.15, 0.2) is 51.5 Å². The largest absolute Gasteiger partial charge is 0.459 e. The minimum atomic E-state index is 0.0960. The Labute approximate surface area is 145 Å². The van der Waals surface area contributed by atoms with Gasteiger partial charge in [0.25, 0.3) is 5.89 Å². The van der Waals surface area contributed by atoms with Crippen LogP contribution in [0.4, 0.5) is 5.69 Å². The molecule has 25 heavy (non-hydrogen) atoms. The second kappa shape index (κ2) is 6.93. The molecule has 0 saturated heterocycles. The van der Waals surface area contributed by atoms with Crippen LogP contribution in [0, 0.1) is 5.92 Å². The van der Waals surface area contributed by atoms with Gasteiger partial charge in [-0.25, -0.2) is 0 Å². The lowest BCUT2D eigenvalue weighted by molar-refractivity contribution is -0.120. The van der Waals surface area contributed by atoms with Crippen LogP contribution in [0.2, 0.25) is 0 Å². The molecule has 0 spiro atoms. The number of carbonyl (C=O) groups is 1. The molecule has 1 aliphatic rings. The van der Waals surface area contributed by atoms with Crippen LogP contribution in [0.25, 0.3) is 23.1 Å². The summed E-state index contributed by atoms with van der Waals surface area (Å²) in [5, 5.41) is 11.1. The number of rotatable bonds is 4. The molecule has 6 heteroatoms. The summed E-state index contributed by atoms with van der Waals surface area (Å²) in [4.78, 5) is 12.4. The van der Waals surface area contributed by atoms with Gasteiger partial charge in [0.1, 0.15) is 0 Å². The van der Waals surface area contributed by atoms with Crippen molar-refractivity contribution in [2.45, 2.75) is 32.1 Å². The van der Waals surface area contributed by atoms with Crippen molar-refractivity contribution in [1.29, 1.82) is 0 Å². The fourth-order valence-electron chi connectivity index (χ4n) is 3.18. The first-order valence-electron chi connectivity index (χ1n) is 8.58. The van der Waals surface area contributed by atoms with E-state index < -0.39 is 0 Å². The number of hydrogen-bond donors (Lipinski definition) is 1. The Balaban J connectivity index is 1.50. The molecule has 0 atom stereocenters. The Kier molecular flexibility index (Phi) is 4.33. The number of furan rings is 1. The molecule has 1 aromatic carbocycles. The van der Waals surface area contributed by atoms with E-state index in [-0.39, 0.29) is 11.8 Å². The Morgan fingerprint density at radius 1 is 1.04 bits per heavy atom. The lowest BCUT2D eigenvalue weighted by Crippen LogP contribution is -2.24. The number of hydrogen-bond acceptors (Lipinski definition) is 5. The molecule has 4 rings (SSSR count). The molecular weight excluding hydrogens is 318 g/mol. The molecule has 0 aliphatic heterocycles. The summed E-state index contributed by atoms with van der Waals surface area (Å²) in [5.74, 6) is 1.46. The number of carbonyl (C=O) groups excluding carboxylic acids is 1. The first-order chi connectivity index (χ1) is 12.3. The molecule has 1 fully saturated rings. The van der Waals surface area contributed by atoms with Gasteiger partial charge in [0.2, 0.25) is 11.8 Å². The number of anilines is 1. The van der Waals surface area contributed by atoms with Gasteiger partial charge in [0.05, 0.1) is 6.26 Å². The average molecular weight is 337 g/mol. The zero-order chi connectivity index (χ0) is 17.1. The van der Waals surface area contributed by atoms with Crippen molar-refractivity contribution in [2.75, 3.05) is 5.32 Å². The fraction of sp³-hybridized carbons (Fsp3) is 0.316. The van der Waals surface area contributed by atoms with Gasteiger partial charge in [0, 0.05) is 17.2 Å². The molecule has 0 bridgehead atoms. The summed E-state index contributed by atoms with van der Waals surface area (Å²) in [7, 11) is 0. The Bertz CT molecular complexity index is 848.